The summed E-state index contributed by atoms with van der Waals surface area (Å²) >= 11 is 1.64. The lowest BCUT2D eigenvalue weighted by molar-refractivity contribution is -0.130. The molecular formula is C21H24N4O2S. The molecule has 1 saturated heterocycles. The number of anilines is 1. The molecule has 28 heavy (non-hydrogen) atoms. The number of nitrogens with zero attached hydrogens (tertiary/aromatic N) is 3. The van der Waals surface area contributed by atoms with Gasteiger partial charge in [-0.25, -0.2) is 0 Å². The highest BCUT2D eigenvalue weighted by molar-refractivity contribution is 7.10. The lowest BCUT2D eigenvalue weighted by atomic mass is 10.1. The van der Waals surface area contributed by atoms with Crippen LogP contribution in [0.3, 0.4) is 0 Å². The van der Waals surface area contributed by atoms with Crippen LogP contribution in [0, 0.1) is 0 Å². The summed E-state index contributed by atoms with van der Waals surface area (Å²) in [7, 11) is 1.66. The Balaban J connectivity index is 1.39. The predicted octanol–water partition coefficient (Wildman–Crippen LogP) is 3.43. The van der Waals surface area contributed by atoms with Crippen molar-refractivity contribution in [3.63, 3.8) is 0 Å². The second kappa shape index (κ2) is 8.48. The van der Waals surface area contributed by atoms with Crippen LogP contribution in [0.25, 0.3) is 11.3 Å². The van der Waals surface area contributed by atoms with E-state index >= 15 is 0 Å². The third kappa shape index (κ3) is 4.20. The molecule has 1 fully saturated rings. The number of carbonyl (C=O) groups excluding carboxylic acids is 1. The first kappa shape index (κ1) is 18.6. The fourth-order valence-corrected chi connectivity index (χ4v) is 4.16. The topological polar surface area (TPSA) is 61.5 Å². The van der Waals surface area contributed by atoms with Crippen molar-refractivity contribution >= 4 is 23.1 Å². The number of aromatic nitrogens is 2. The zero-order valence-electron chi connectivity index (χ0n) is 15.9. The lowest BCUT2D eigenvalue weighted by Crippen LogP contribution is -2.36. The number of benzene rings is 1. The quantitative estimate of drug-likeness (QED) is 0.718. The fourth-order valence-electron chi connectivity index (χ4n) is 3.46. The SMILES string of the molecule is COc1ccc(-c2cc(N3CCCN(C(=O)Cc4cccs4)CC3)n[nH]2)cc1. The number of thiophene rings is 1. The summed E-state index contributed by atoms with van der Waals surface area (Å²) in [6, 6.07) is 14.0. The van der Waals surface area contributed by atoms with Gasteiger partial charge in [-0.1, -0.05) is 6.07 Å². The summed E-state index contributed by atoms with van der Waals surface area (Å²) in [5.74, 6) is 1.98. The Morgan fingerprint density at radius 3 is 2.79 bits per heavy atom. The maximum absolute atomic E-state index is 12.6. The molecule has 0 spiro atoms. The monoisotopic (exact) mass is 396 g/mol. The van der Waals surface area contributed by atoms with E-state index in [0.29, 0.717) is 6.42 Å². The van der Waals surface area contributed by atoms with Gasteiger partial charge in [-0.05, 0) is 47.7 Å². The number of nitrogens with one attached hydrogen (secondary N) is 1. The van der Waals surface area contributed by atoms with E-state index in [1.54, 1.807) is 18.4 Å². The lowest BCUT2D eigenvalue weighted by Gasteiger charge is -2.21. The third-order valence-electron chi connectivity index (χ3n) is 5.04. The molecule has 0 unspecified atom stereocenters. The van der Waals surface area contributed by atoms with E-state index in [1.807, 2.05) is 46.7 Å². The van der Waals surface area contributed by atoms with Crippen LogP contribution in [0.15, 0.2) is 47.8 Å². The van der Waals surface area contributed by atoms with Crippen molar-refractivity contribution in [2.45, 2.75) is 12.8 Å². The molecule has 0 atom stereocenters. The molecule has 0 bridgehead atoms. The normalized spacial score (nSPS) is 14.8. The Bertz CT molecular complexity index is 905. The van der Waals surface area contributed by atoms with Gasteiger partial charge in [-0.2, -0.15) is 5.10 Å². The van der Waals surface area contributed by atoms with Gasteiger partial charge in [0.15, 0.2) is 5.82 Å². The van der Waals surface area contributed by atoms with Crippen LogP contribution >= 0.6 is 11.3 Å². The Hall–Kier alpha value is -2.80. The smallest absolute Gasteiger partial charge is 0.227 e. The largest absolute Gasteiger partial charge is 0.497 e. The Morgan fingerprint density at radius 1 is 1.18 bits per heavy atom. The minimum absolute atomic E-state index is 0.213. The van der Waals surface area contributed by atoms with Gasteiger partial charge in [0.05, 0.1) is 19.2 Å². The van der Waals surface area contributed by atoms with E-state index in [-0.39, 0.29) is 5.91 Å². The van der Waals surface area contributed by atoms with E-state index in [4.69, 9.17) is 4.74 Å². The summed E-state index contributed by atoms with van der Waals surface area (Å²) in [5, 5.41) is 9.65. The molecule has 7 heteroatoms. The molecule has 1 aliphatic heterocycles. The van der Waals surface area contributed by atoms with Gasteiger partial charge in [0.2, 0.25) is 5.91 Å². The molecule has 1 aromatic carbocycles. The number of H-pyrrole nitrogens is 1. The number of hydrogen-bond donors (Lipinski definition) is 1. The van der Waals surface area contributed by atoms with Gasteiger partial charge < -0.3 is 14.5 Å². The van der Waals surface area contributed by atoms with Gasteiger partial charge in [0.25, 0.3) is 0 Å². The molecule has 0 radical (unpaired) electrons. The van der Waals surface area contributed by atoms with E-state index in [0.717, 1.165) is 60.3 Å². The van der Waals surface area contributed by atoms with Crippen LogP contribution in [-0.4, -0.2) is 54.3 Å². The molecular weight excluding hydrogens is 372 g/mol. The Kier molecular flexibility index (Phi) is 5.62. The average Bonchev–Trinajstić information content (AvgIpc) is 3.36. The maximum atomic E-state index is 12.6. The molecule has 2 aromatic heterocycles. The van der Waals surface area contributed by atoms with Crippen molar-refractivity contribution in [2.75, 3.05) is 38.2 Å². The Labute approximate surface area is 168 Å². The van der Waals surface area contributed by atoms with Crippen molar-refractivity contribution in [1.29, 1.82) is 0 Å². The molecule has 3 heterocycles. The molecule has 0 aliphatic carbocycles. The van der Waals surface area contributed by atoms with Gasteiger partial charge >= 0.3 is 0 Å². The zero-order chi connectivity index (χ0) is 19.3. The maximum Gasteiger partial charge on any atom is 0.227 e. The van der Waals surface area contributed by atoms with Crippen molar-refractivity contribution < 1.29 is 9.53 Å². The molecule has 0 saturated carbocycles. The van der Waals surface area contributed by atoms with Gasteiger partial charge in [0, 0.05) is 37.1 Å². The van der Waals surface area contributed by atoms with Crippen molar-refractivity contribution in [1.82, 2.24) is 15.1 Å². The van der Waals surface area contributed by atoms with Crippen LogP contribution in [0.1, 0.15) is 11.3 Å². The van der Waals surface area contributed by atoms with E-state index in [1.165, 1.54) is 0 Å². The standard InChI is InChI=1S/C21H24N4O2S/c1-27-17-7-5-16(6-8-17)19-15-20(23-22-19)24-9-3-10-25(12-11-24)21(26)14-18-4-2-13-28-18/h2,4-8,13,15H,3,9-12,14H2,1H3,(H,22,23). The number of ether oxygens (including phenoxy) is 1. The number of methoxy groups -OCH3 is 1. The molecule has 3 aromatic rings. The van der Waals surface area contributed by atoms with E-state index < -0.39 is 0 Å². The van der Waals surface area contributed by atoms with E-state index in [2.05, 4.69) is 21.2 Å². The highest BCUT2D eigenvalue weighted by Crippen LogP contribution is 2.24. The highest BCUT2D eigenvalue weighted by atomic mass is 32.1. The zero-order valence-corrected chi connectivity index (χ0v) is 16.7. The van der Waals surface area contributed by atoms with E-state index in [9.17, 15) is 4.79 Å². The summed E-state index contributed by atoms with van der Waals surface area (Å²) in [5.41, 5.74) is 2.05. The molecule has 1 N–H and O–H groups in total. The predicted molar refractivity (Wildman–Crippen MR) is 112 cm³/mol. The summed E-state index contributed by atoms with van der Waals surface area (Å²) in [6.07, 6.45) is 1.45. The van der Waals surface area contributed by atoms with Crippen LogP contribution in [0.4, 0.5) is 5.82 Å². The minimum Gasteiger partial charge on any atom is -0.497 e. The number of rotatable bonds is 5. The van der Waals surface area contributed by atoms with Crippen LogP contribution in [0.2, 0.25) is 0 Å². The van der Waals surface area contributed by atoms with Gasteiger partial charge in [-0.3, -0.25) is 9.89 Å². The van der Waals surface area contributed by atoms with Crippen LogP contribution in [0.5, 0.6) is 5.75 Å². The first-order valence-corrected chi connectivity index (χ1v) is 10.4. The van der Waals surface area contributed by atoms with Gasteiger partial charge in [-0.15, -0.1) is 11.3 Å². The summed E-state index contributed by atoms with van der Waals surface area (Å²) in [4.78, 5) is 17.9. The highest BCUT2D eigenvalue weighted by Gasteiger charge is 2.21. The van der Waals surface area contributed by atoms with Crippen LogP contribution in [-0.2, 0) is 11.2 Å². The Morgan fingerprint density at radius 2 is 2.04 bits per heavy atom. The number of aromatic amines is 1. The summed E-state index contributed by atoms with van der Waals surface area (Å²) < 4.78 is 5.22. The molecule has 6 nitrogen and oxygen atoms in total. The second-order valence-corrected chi connectivity index (χ2v) is 7.88. The van der Waals surface area contributed by atoms with Gasteiger partial charge in [0.1, 0.15) is 5.75 Å². The first-order chi connectivity index (χ1) is 13.7. The average molecular weight is 397 g/mol. The van der Waals surface area contributed by atoms with Crippen molar-refractivity contribution in [3.8, 4) is 17.0 Å². The van der Waals surface area contributed by atoms with Crippen molar-refractivity contribution in [3.05, 3.63) is 52.7 Å². The van der Waals surface area contributed by atoms with Crippen molar-refractivity contribution in [2.24, 2.45) is 0 Å². The summed E-state index contributed by atoms with van der Waals surface area (Å²) in [6.45, 7) is 3.23. The molecule has 146 valence electrons. The minimum atomic E-state index is 0.213. The molecule has 1 amide bonds. The molecule has 4 rings (SSSR count). The number of amides is 1. The number of carbonyl (C=O) groups is 1. The van der Waals surface area contributed by atoms with Crippen LogP contribution < -0.4 is 9.64 Å². The second-order valence-electron chi connectivity index (χ2n) is 6.85. The third-order valence-corrected chi connectivity index (χ3v) is 5.92. The molecule has 1 aliphatic rings. The first-order valence-electron chi connectivity index (χ1n) is 9.48. The number of hydrogen-bond acceptors (Lipinski definition) is 5. The fraction of sp³-hybridized carbons (Fsp3) is 0.333.